The Morgan fingerprint density at radius 2 is 1.83 bits per heavy atom. The van der Waals surface area contributed by atoms with Gasteiger partial charge in [-0.05, 0) is 35.9 Å². The summed E-state index contributed by atoms with van der Waals surface area (Å²) in [5.41, 5.74) is 1.58. The standard InChI is InChI=1S/C17H13ClN2O4/c1-23-15-6-3-10(7-16(15)24-2)17-12-8-11(18)4-5-13(12)19-9-14(17)20(21)22/h3-9H,1-2H3. The minimum Gasteiger partial charge on any atom is -0.493 e. The van der Waals surface area contributed by atoms with Gasteiger partial charge in [-0.15, -0.1) is 0 Å². The number of halogens is 1. The first-order chi connectivity index (χ1) is 11.5. The Morgan fingerprint density at radius 1 is 1.08 bits per heavy atom. The highest BCUT2D eigenvalue weighted by atomic mass is 35.5. The SMILES string of the molecule is COc1ccc(-c2c([N+](=O)[O-])cnc3ccc(Cl)cc23)cc1OC. The molecule has 0 spiro atoms. The number of nitrogens with zero attached hydrogens (tertiary/aromatic N) is 2. The molecule has 3 aromatic rings. The summed E-state index contributed by atoms with van der Waals surface area (Å²) >= 11 is 6.07. The number of benzene rings is 2. The second kappa shape index (κ2) is 6.33. The molecule has 122 valence electrons. The van der Waals surface area contributed by atoms with E-state index >= 15 is 0 Å². The monoisotopic (exact) mass is 344 g/mol. The van der Waals surface area contributed by atoms with Crippen molar-refractivity contribution in [3.63, 3.8) is 0 Å². The number of fused-ring (bicyclic) bond motifs is 1. The lowest BCUT2D eigenvalue weighted by molar-refractivity contribution is -0.384. The van der Waals surface area contributed by atoms with Crippen molar-refractivity contribution >= 4 is 28.2 Å². The van der Waals surface area contributed by atoms with Crippen molar-refractivity contribution in [2.24, 2.45) is 0 Å². The summed E-state index contributed by atoms with van der Waals surface area (Å²) in [6, 6.07) is 10.2. The van der Waals surface area contributed by atoms with Crippen LogP contribution >= 0.6 is 11.6 Å². The van der Waals surface area contributed by atoms with Gasteiger partial charge in [-0.3, -0.25) is 10.1 Å². The molecule has 2 aromatic carbocycles. The van der Waals surface area contributed by atoms with Crippen molar-refractivity contribution in [3.05, 3.63) is 57.7 Å². The van der Waals surface area contributed by atoms with Gasteiger partial charge in [0.1, 0.15) is 6.20 Å². The van der Waals surface area contributed by atoms with E-state index in [1.807, 2.05) is 0 Å². The van der Waals surface area contributed by atoms with E-state index < -0.39 is 4.92 Å². The number of ether oxygens (including phenoxy) is 2. The predicted octanol–water partition coefficient (Wildman–Crippen LogP) is 4.48. The van der Waals surface area contributed by atoms with Crippen molar-refractivity contribution in [1.29, 1.82) is 0 Å². The second-order valence-corrected chi connectivity index (χ2v) is 5.44. The van der Waals surface area contributed by atoms with E-state index in [9.17, 15) is 10.1 Å². The molecule has 0 bridgehead atoms. The van der Waals surface area contributed by atoms with E-state index in [2.05, 4.69) is 4.98 Å². The van der Waals surface area contributed by atoms with E-state index in [4.69, 9.17) is 21.1 Å². The summed E-state index contributed by atoms with van der Waals surface area (Å²) in [6.45, 7) is 0. The molecule has 0 aliphatic heterocycles. The van der Waals surface area contributed by atoms with Gasteiger partial charge in [0.15, 0.2) is 11.5 Å². The molecule has 0 atom stereocenters. The third kappa shape index (κ3) is 2.72. The number of methoxy groups -OCH3 is 2. The van der Waals surface area contributed by atoms with E-state index in [1.165, 1.54) is 20.4 Å². The summed E-state index contributed by atoms with van der Waals surface area (Å²) in [5.74, 6) is 1.02. The van der Waals surface area contributed by atoms with Crippen LogP contribution in [0.5, 0.6) is 11.5 Å². The van der Waals surface area contributed by atoms with Crippen LogP contribution in [-0.4, -0.2) is 24.1 Å². The summed E-state index contributed by atoms with van der Waals surface area (Å²) in [4.78, 5) is 15.2. The summed E-state index contributed by atoms with van der Waals surface area (Å²) < 4.78 is 10.5. The fourth-order valence-corrected chi connectivity index (χ4v) is 2.76. The van der Waals surface area contributed by atoms with Crippen LogP contribution in [0.3, 0.4) is 0 Å². The molecular weight excluding hydrogens is 332 g/mol. The number of hydrogen-bond acceptors (Lipinski definition) is 5. The molecule has 0 saturated heterocycles. The van der Waals surface area contributed by atoms with E-state index in [0.717, 1.165) is 0 Å². The van der Waals surface area contributed by atoms with Gasteiger partial charge < -0.3 is 9.47 Å². The van der Waals surface area contributed by atoms with Crippen LogP contribution in [0.15, 0.2) is 42.6 Å². The minimum atomic E-state index is -0.459. The Kier molecular flexibility index (Phi) is 4.22. The highest BCUT2D eigenvalue weighted by molar-refractivity contribution is 6.31. The van der Waals surface area contributed by atoms with Crippen LogP contribution in [0.1, 0.15) is 0 Å². The molecule has 1 heterocycles. The average molecular weight is 345 g/mol. The lowest BCUT2D eigenvalue weighted by atomic mass is 9.99. The van der Waals surface area contributed by atoms with Gasteiger partial charge in [0, 0.05) is 10.4 Å². The third-order valence-corrected chi connectivity index (χ3v) is 3.91. The maximum absolute atomic E-state index is 11.5. The normalized spacial score (nSPS) is 10.6. The molecule has 0 amide bonds. The lowest BCUT2D eigenvalue weighted by Gasteiger charge is -2.12. The predicted molar refractivity (Wildman–Crippen MR) is 91.9 cm³/mol. The van der Waals surface area contributed by atoms with Gasteiger partial charge in [0.2, 0.25) is 0 Å². The first-order valence-electron chi connectivity index (χ1n) is 7.00. The van der Waals surface area contributed by atoms with Crippen molar-refractivity contribution in [2.75, 3.05) is 14.2 Å². The average Bonchev–Trinajstić information content (AvgIpc) is 2.59. The number of rotatable bonds is 4. The van der Waals surface area contributed by atoms with Gasteiger partial charge in [0.25, 0.3) is 5.69 Å². The molecule has 0 N–H and O–H groups in total. The molecule has 6 nitrogen and oxygen atoms in total. The quantitative estimate of drug-likeness (QED) is 0.515. The molecule has 3 rings (SSSR count). The smallest absolute Gasteiger partial charge is 0.295 e. The van der Waals surface area contributed by atoms with Crippen LogP contribution in [0.25, 0.3) is 22.0 Å². The van der Waals surface area contributed by atoms with E-state index in [-0.39, 0.29) is 5.69 Å². The molecule has 0 saturated carbocycles. The Morgan fingerprint density at radius 3 is 2.50 bits per heavy atom. The maximum atomic E-state index is 11.5. The second-order valence-electron chi connectivity index (χ2n) is 5.01. The van der Waals surface area contributed by atoms with Crippen molar-refractivity contribution in [2.45, 2.75) is 0 Å². The lowest BCUT2D eigenvalue weighted by Crippen LogP contribution is -1.96. The maximum Gasteiger partial charge on any atom is 0.295 e. The van der Waals surface area contributed by atoms with Crippen LogP contribution in [0.4, 0.5) is 5.69 Å². The van der Waals surface area contributed by atoms with Crippen LogP contribution in [-0.2, 0) is 0 Å². The highest BCUT2D eigenvalue weighted by Crippen LogP contribution is 2.40. The molecule has 7 heteroatoms. The first-order valence-corrected chi connectivity index (χ1v) is 7.38. The highest BCUT2D eigenvalue weighted by Gasteiger charge is 2.21. The molecular formula is C17H13ClN2O4. The van der Waals surface area contributed by atoms with Crippen molar-refractivity contribution in [1.82, 2.24) is 4.98 Å². The zero-order chi connectivity index (χ0) is 17.3. The van der Waals surface area contributed by atoms with E-state index in [0.29, 0.717) is 38.6 Å². The van der Waals surface area contributed by atoms with Crippen molar-refractivity contribution in [3.8, 4) is 22.6 Å². The molecule has 0 aliphatic rings. The van der Waals surface area contributed by atoms with E-state index in [1.54, 1.807) is 36.4 Å². The topological polar surface area (TPSA) is 74.5 Å². The van der Waals surface area contributed by atoms with Crippen molar-refractivity contribution < 1.29 is 14.4 Å². The number of aromatic nitrogens is 1. The zero-order valence-electron chi connectivity index (χ0n) is 12.9. The molecule has 0 unspecified atom stereocenters. The fraction of sp³-hybridized carbons (Fsp3) is 0.118. The van der Waals surface area contributed by atoms with Gasteiger partial charge in [0.05, 0.1) is 30.2 Å². The number of pyridine rings is 1. The molecule has 24 heavy (non-hydrogen) atoms. The Bertz CT molecular complexity index is 943. The zero-order valence-corrected chi connectivity index (χ0v) is 13.7. The summed E-state index contributed by atoms with van der Waals surface area (Å²) in [6.07, 6.45) is 1.25. The molecule has 0 fully saturated rings. The Balaban J connectivity index is 2.36. The Hall–Kier alpha value is -2.86. The largest absolute Gasteiger partial charge is 0.493 e. The van der Waals surface area contributed by atoms with Gasteiger partial charge in [-0.2, -0.15) is 0 Å². The molecule has 0 aliphatic carbocycles. The summed E-state index contributed by atoms with van der Waals surface area (Å²) in [5, 5.41) is 12.6. The van der Waals surface area contributed by atoms with Gasteiger partial charge in [-0.1, -0.05) is 17.7 Å². The Labute approximate surface area is 142 Å². The van der Waals surface area contributed by atoms with Gasteiger partial charge in [-0.25, -0.2) is 4.98 Å². The number of nitro groups is 1. The number of hydrogen-bond donors (Lipinski definition) is 0. The van der Waals surface area contributed by atoms with Crippen LogP contribution in [0, 0.1) is 10.1 Å². The minimum absolute atomic E-state index is 0.100. The molecule has 1 aromatic heterocycles. The molecule has 0 radical (unpaired) electrons. The fourth-order valence-electron chi connectivity index (χ4n) is 2.59. The first kappa shape index (κ1) is 16.0. The third-order valence-electron chi connectivity index (χ3n) is 3.68. The van der Waals surface area contributed by atoms with Gasteiger partial charge >= 0.3 is 0 Å². The van der Waals surface area contributed by atoms with Crippen LogP contribution < -0.4 is 9.47 Å². The van der Waals surface area contributed by atoms with Crippen LogP contribution in [0.2, 0.25) is 5.02 Å². The summed E-state index contributed by atoms with van der Waals surface area (Å²) in [7, 11) is 3.04.